The van der Waals surface area contributed by atoms with Gasteiger partial charge in [-0.25, -0.2) is 18.2 Å². The van der Waals surface area contributed by atoms with E-state index in [0.29, 0.717) is 59.6 Å². The number of allylic oxidation sites excluding steroid dienone is 2. The number of sulfonamides is 1. The molecule has 2 aromatic heterocycles. The van der Waals surface area contributed by atoms with Crippen LogP contribution in [-0.2, 0) is 29.1 Å². The molecule has 1 aliphatic heterocycles. The summed E-state index contributed by atoms with van der Waals surface area (Å²) in [5.41, 5.74) is 8.12. The number of hydrogen-bond donors (Lipinski definition) is 3. The van der Waals surface area contributed by atoms with Crippen molar-refractivity contribution in [2.24, 2.45) is 17.6 Å². The number of fused-ring (bicyclic) bond motifs is 3. The van der Waals surface area contributed by atoms with E-state index in [4.69, 9.17) is 29.3 Å². The molecule has 5 atom stereocenters. The zero-order valence-electron chi connectivity index (χ0n) is 34.3. The molecule has 15 nitrogen and oxygen atoms in total. The molecular weight excluding hydrogens is 791 g/mol. The van der Waals surface area contributed by atoms with Gasteiger partial charge < -0.3 is 34.6 Å². The van der Waals surface area contributed by atoms with Crippen molar-refractivity contribution >= 4 is 55.9 Å². The molecule has 2 saturated carbocycles. The molecule has 2 aromatic carbocycles. The molecule has 320 valence electrons. The van der Waals surface area contributed by atoms with Crippen LogP contribution in [0.3, 0.4) is 0 Å². The first-order chi connectivity index (χ1) is 28.6. The van der Waals surface area contributed by atoms with Crippen LogP contribution in [0.4, 0.5) is 4.79 Å². The third kappa shape index (κ3) is 10.2. The van der Waals surface area contributed by atoms with Gasteiger partial charge in [0.25, 0.3) is 0 Å². The van der Waals surface area contributed by atoms with Crippen LogP contribution in [-0.4, -0.2) is 84.8 Å². The topological polar surface area (TPSA) is 209 Å². The third-order valence-electron chi connectivity index (χ3n) is 10.9. The molecule has 4 amide bonds. The van der Waals surface area contributed by atoms with Gasteiger partial charge in [-0.3, -0.25) is 19.1 Å². The predicted molar refractivity (Wildman–Crippen MR) is 224 cm³/mol. The molecule has 0 bridgehead atoms. The minimum absolute atomic E-state index is 0.0178. The number of methoxy groups -OCH3 is 1. The van der Waals surface area contributed by atoms with Crippen LogP contribution in [0, 0.1) is 11.8 Å². The van der Waals surface area contributed by atoms with Gasteiger partial charge in [0.15, 0.2) is 11.3 Å². The van der Waals surface area contributed by atoms with E-state index in [-0.39, 0.29) is 31.2 Å². The van der Waals surface area contributed by atoms with E-state index < -0.39 is 62.9 Å². The van der Waals surface area contributed by atoms with Crippen LogP contribution in [0.5, 0.6) is 11.5 Å². The van der Waals surface area contributed by atoms with E-state index in [0.717, 1.165) is 30.2 Å². The number of nitrogens with two attached hydrogens (primary N) is 1. The van der Waals surface area contributed by atoms with Gasteiger partial charge in [0.1, 0.15) is 40.6 Å². The minimum Gasteiger partial charge on any atom is -0.497 e. The molecule has 4 N–H and O–H groups in total. The number of benzene rings is 2. The maximum absolute atomic E-state index is 14.3. The van der Waals surface area contributed by atoms with Gasteiger partial charge in [0.2, 0.25) is 27.7 Å². The van der Waals surface area contributed by atoms with E-state index in [2.05, 4.69) is 10.0 Å². The quantitative estimate of drug-likeness (QED) is 0.0813. The standard InChI is InChI=1S/C44H53N5O10S/c1-44(2,3)59-43(53)47-33(17-9-7-5-6-8-13-26-22-32(26)41(51)48-60(54,55)30-19-20-30)42(52)49-25-29(23-35(49)40(45)50)57-37-24-34(27-14-12-15-28(21-27)56-4)46-38-31-16-10-11-18-36(31)58-39(37)38/h8,10-16,18,21,24,26,29-30,32-33,35H,5-7,9,17,19-20,22-23,25H2,1-4H3,(H2,45,50)(H,47,53)(H,48,51)/b13-8-/t26-,29-,32+,33+,35+/m1/s1. The molecule has 0 unspecified atom stereocenters. The molecule has 0 radical (unpaired) electrons. The number of ether oxygens (including phenoxy) is 3. The lowest BCUT2D eigenvalue weighted by molar-refractivity contribution is -0.139. The number of alkyl carbamates (subject to hydrolysis) is 1. The van der Waals surface area contributed by atoms with E-state index in [9.17, 15) is 27.6 Å². The molecule has 0 spiro atoms. The summed E-state index contributed by atoms with van der Waals surface area (Å²) in [7, 11) is -1.96. The number of primary amides is 1. The summed E-state index contributed by atoms with van der Waals surface area (Å²) in [5.74, 6) is -0.868. The Kier molecular flexibility index (Phi) is 12.4. The molecule has 16 heteroatoms. The lowest BCUT2D eigenvalue weighted by Gasteiger charge is -2.28. The Bertz CT molecular complexity index is 2400. The summed E-state index contributed by atoms with van der Waals surface area (Å²) < 4.78 is 50.3. The molecule has 2 aliphatic carbocycles. The smallest absolute Gasteiger partial charge is 0.408 e. The highest BCUT2D eigenvalue weighted by atomic mass is 32.2. The van der Waals surface area contributed by atoms with Crippen LogP contribution in [0.2, 0.25) is 0 Å². The Hall–Kier alpha value is -5.64. The van der Waals surface area contributed by atoms with Crippen LogP contribution < -0.4 is 25.2 Å². The normalized spacial score (nSPS) is 20.9. The lowest BCUT2D eigenvalue weighted by Crippen LogP contribution is -2.53. The summed E-state index contributed by atoms with van der Waals surface area (Å²) in [6, 6.07) is 14.8. The van der Waals surface area contributed by atoms with E-state index in [1.807, 2.05) is 60.7 Å². The fourth-order valence-electron chi connectivity index (χ4n) is 7.62. The Balaban J connectivity index is 1.01. The summed E-state index contributed by atoms with van der Waals surface area (Å²) in [6.07, 6.45) is 7.58. The summed E-state index contributed by atoms with van der Waals surface area (Å²) in [5, 5.41) is 3.10. The maximum Gasteiger partial charge on any atom is 0.408 e. The zero-order valence-corrected chi connectivity index (χ0v) is 35.2. The number of carbonyl (C=O) groups excluding carboxylic acids is 4. The second kappa shape index (κ2) is 17.5. The number of unbranched alkanes of at least 4 members (excludes halogenated alkanes) is 3. The van der Waals surface area contributed by atoms with Gasteiger partial charge in [-0.15, -0.1) is 0 Å². The average molecular weight is 844 g/mol. The molecule has 60 heavy (non-hydrogen) atoms. The number of pyridine rings is 1. The van der Waals surface area contributed by atoms with Gasteiger partial charge in [0.05, 0.1) is 24.6 Å². The van der Waals surface area contributed by atoms with Crippen LogP contribution >= 0.6 is 0 Å². The Morgan fingerprint density at radius 2 is 1.82 bits per heavy atom. The van der Waals surface area contributed by atoms with Crippen molar-refractivity contribution in [3.8, 4) is 22.8 Å². The van der Waals surface area contributed by atoms with Gasteiger partial charge in [-0.05, 0) is 89.5 Å². The highest BCUT2D eigenvalue weighted by Gasteiger charge is 2.45. The molecule has 4 aromatic rings. The summed E-state index contributed by atoms with van der Waals surface area (Å²) in [6.45, 7) is 5.21. The fourth-order valence-corrected chi connectivity index (χ4v) is 8.97. The largest absolute Gasteiger partial charge is 0.497 e. The first-order valence-electron chi connectivity index (χ1n) is 20.5. The first kappa shape index (κ1) is 42.5. The van der Waals surface area contributed by atoms with E-state index in [1.54, 1.807) is 33.9 Å². The van der Waals surface area contributed by atoms with Gasteiger partial charge >= 0.3 is 6.09 Å². The fraction of sp³-hybridized carbons (Fsp3) is 0.477. The van der Waals surface area contributed by atoms with Crippen molar-refractivity contribution in [2.45, 2.75) is 108 Å². The second-order valence-corrected chi connectivity index (χ2v) is 18.8. The highest BCUT2D eigenvalue weighted by molar-refractivity contribution is 7.90. The molecule has 3 fully saturated rings. The number of aromatic nitrogens is 1. The summed E-state index contributed by atoms with van der Waals surface area (Å²) >= 11 is 0. The maximum atomic E-state index is 14.3. The summed E-state index contributed by atoms with van der Waals surface area (Å²) in [4.78, 5) is 58.9. The number of amides is 4. The SMILES string of the molecule is COc1cccc(-c2cc(O[C@@H]3C[C@@H](C(N)=O)N(C(=O)[C@H](CCCCC/C=C\[C@@H]4C[C@@H]4C(=O)NS(=O)(=O)C4CC4)NC(=O)OC(C)(C)C)C3)c3oc4ccccc4c3n2)c1. The number of carbonyl (C=O) groups is 4. The van der Waals surface area contributed by atoms with Gasteiger partial charge in [-0.2, -0.15) is 0 Å². The van der Waals surface area contributed by atoms with Crippen molar-refractivity contribution in [3.05, 3.63) is 66.7 Å². The van der Waals surface area contributed by atoms with Crippen molar-refractivity contribution < 1.29 is 46.2 Å². The number of furan rings is 1. The zero-order chi connectivity index (χ0) is 42.8. The number of nitrogens with one attached hydrogen (secondary N) is 2. The van der Waals surface area contributed by atoms with Gasteiger partial charge in [0, 0.05) is 29.4 Å². The molecule has 7 rings (SSSR count). The first-order valence-corrected chi connectivity index (χ1v) is 22.1. The van der Waals surface area contributed by atoms with Crippen molar-refractivity contribution in [1.29, 1.82) is 0 Å². The monoisotopic (exact) mass is 843 g/mol. The number of likely N-dealkylation sites (tertiary alicyclic amines) is 1. The lowest BCUT2D eigenvalue weighted by atomic mass is 10.0. The van der Waals surface area contributed by atoms with Crippen LogP contribution in [0.15, 0.2) is 71.2 Å². The Labute approximate surface area is 349 Å². The van der Waals surface area contributed by atoms with E-state index in [1.165, 1.54) is 4.90 Å². The van der Waals surface area contributed by atoms with Crippen molar-refractivity contribution in [3.63, 3.8) is 0 Å². The Morgan fingerprint density at radius 3 is 2.55 bits per heavy atom. The van der Waals surface area contributed by atoms with Crippen molar-refractivity contribution in [1.82, 2.24) is 19.9 Å². The highest BCUT2D eigenvalue weighted by Crippen LogP contribution is 2.41. The Morgan fingerprint density at radius 1 is 1.03 bits per heavy atom. The van der Waals surface area contributed by atoms with E-state index >= 15 is 0 Å². The molecule has 1 saturated heterocycles. The second-order valence-electron chi connectivity index (χ2n) is 16.9. The molecule has 3 heterocycles. The number of para-hydroxylation sites is 1. The van der Waals surface area contributed by atoms with Gasteiger partial charge in [-0.1, -0.05) is 49.3 Å². The minimum atomic E-state index is -3.56. The average Bonchev–Trinajstić information content (AvgIpc) is 4.13. The number of nitrogens with zero attached hydrogens (tertiary/aromatic N) is 2. The third-order valence-corrected chi connectivity index (χ3v) is 12.8. The predicted octanol–water partition coefficient (Wildman–Crippen LogP) is 6.13. The molecular formula is C44H53N5O10S. The van der Waals surface area contributed by atoms with Crippen molar-refractivity contribution in [2.75, 3.05) is 13.7 Å². The molecule has 3 aliphatic rings. The van der Waals surface area contributed by atoms with Crippen LogP contribution in [0.1, 0.15) is 78.6 Å². The number of rotatable bonds is 17. The van der Waals surface area contributed by atoms with Crippen LogP contribution in [0.25, 0.3) is 33.3 Å². The number of hydrogen-bond acceptors (Lipinski definition) is 11.